The monoisotopic (exact) mass is 269 g/mol. The first-order chi connectivity index (χ1) is 8.87. The Kier molecular flexibility index (Phi) is 6.82. The zero-order valence-electron chi connectivity index (χ0n) is 13.8. The van der Waals surface area contributed by atoms with Gasteiger partial charge >= 0.3 is 0 Å². The van der Waals surface area contributed by atoms with Crippen LogP contribution in [0.4, 0.5) is 0 Å². The van der Waals surface area contributed by atoms with Gasteiger partial charge in [0.2, 0.25) is 0 Å². The molecule has 1 aliphatic rings. The lowest BCUT2D eigenvalue weighted by Gasteiger charge is -2.43. The van der Waals surface area contributed by atoms with Crippen LogP contribution in [0.15, 0.2) is 0 Å². The molecule has 0 amide bonds. The van der Waals surface area contributed by atoms with E-state index in [4.69, 9.17) is 0 Å². The molecule has 0 radical (unpaired) electrons. The van der Waals surface area contributed by atoms with Crippen LogP contribution in [-0.4, -0.2) is 36.2 Å². The van der Waals surface area contributed by atoms with Crippen LogP contribution in [0.25, 0.3) is 0 Å². The zero-order valence-corrected chi connectivity index (χ0v) is 13.8. The Balaban J connectivity index is 2.67. The Morgan fingerprint density at radius 1 is 1.16 bits per heavy atom. The lowest BCUT2D eigenvalue weighted by molar-refractivity contribution is 0.0175. The highest BCUT2D eigenvalue weighted by Gasteiger charge is 2.36. The van der Waals surface area contributed by atoms with Crippen molar-refractivity contribution in [3.8, 4) is 0 Å². The Bertz CT molecular complexity index is 242. The summed E-state index contributed by atoms with van der Waals surface area (Å²) in [5, 5.41) is 9.95. The molecule has 2 heteroatoms. The summed E-state index contributed by atoms with van der Waals surface area (Å²) in [4.78, 5) is 2.60. The van der Waals surface area contributed by atoms with Crippen molar-refractivity contribution in [2.75, 3.05) is 26.2 Å². The van der Waals surface area contributed by atoms with Crippen LogP contribution < -0.4 is 0 Å². The molecule has 1 N–H and O–H groups in total. The highest BCUT2D eigenvalue weighted by Crippen LogP contribution is 2.39. The molecule has 1 saturated carbocycles. The van der Waals surface area contributed by atoms with E-state index >= 15 is 0 Å². The highest BCUT2D eigenvalue weighted by molar-refractivity contribution is 4.88. The first-order valence-electron chi connectivity index (χ1n) is 8.20. The van der Waals surface area contributed by atoms with E-state index in [1.165, 1.54) is 25.7 Å². The van der Waals surface area contributed by atoms with Crippen molar-refractivity contribution >= 4 is 0 Å². The molecule has 0 spiro atoms. The van der Waals surface area contributed by atoms with Crippen molar-refractivity contribution in [3.63, 3.8) is 0 Å². The Hall–Kier alpha value is -0.0800. The number of hydrogen-bond donors (Lipinski definition) is 1. The number of aliphatic hydroxyl groups is 1. The van der Waals surface area contributed by atoms with E-state index in [-0.39, 0.29) is 5.41 Å². The summed E-state index contributed by atoms with van der Waals surface area (Å²) in [5.74, 6) is 2.19. The van der Waals surface area contributed by atoms with E-state index in [2.05, 4.69) is 39.5 Å². The molecule has 1 aliphatic carbocycles. The van der Waals surface area contributed by atoms with Gasteiger partial charge in [-0.25, -0.2) is 0 Å². The molecule has 19 heavy (non-hydrogen) atoms. The summed E-state index contributed by atoms with van der Waals surface area (Å²) >= 11 is 0. The van der Waals surface area contributed by atoms with Gasteiger partial charge < -0.3 is 10.0 Å². The summed E-state index contributed by atoms with van der Waals surface area (Å²) < 4.78 is 0. The first-order valence-corrected chi connectivity index (χ1v) is 8.20. The lowest BCUT2D eigenvalue weighted by Crippen LogP contribution is -2.45. The minimum Gasteiger partial charge on any atom is -0.396 e. The fourth-order valence-electron chi connectivity index (χ4n) is 3.82. The van der Waals surface area contributed by atoms with Gasteiger partial charge in [0.15, 0.2) is 0 Å². The molecule has 1 rings (SSSR count). The molecule has 0 heterocycles. The van der Waals surface area contributed by atoms with Gasteiger partial charge in [-0.1, -0.05) is 47.5 Å². The second-order valence-corrected chi connectivity index (χ2v) is 7.84. The maximum atomic E-state index is 9.95. The minimum atomic E-state index is 0.168. The standard InChI is InChI=1S/C17H35NO/c1-14(2)10-18(11-15(3)4)12-17(13-19)8-6-7-16(5)9-17/h14-16,19H,6-13H2,1-5H3. The topological polar surface area (TPSA) is 23.5 Å². The normalized spacial score (nSPS) is 28.6. The maximum Gasteiger partial charge on any atom is 0.0499 e. The molecular weight excluding hydrogens is 234 g/mol. The van der Waals surface area contributed by atoms with Crippen LogP contribution in [-0.2, 0) is 0 Å². The Morgan fingerprint density at radius 3 is 2.16 bits per heavy atom. The van der Waals surface area contributed by atoms with E-state index in [1.54, 1.807) is 0 Å². The van der Waals surface area contributed by atoms with Gasteiger partial charge in [0, 0.05) is 31.7 Å². The molecular formula is C17H35NO. The predicted octanol–water partition coefficient (Wildman–Crippen LogP) is 3.79. The number of hydrogen-bond acceptors (Lipinski definition) is 2. The minimum absolute atomic E-state index is 0.168. The van der Waals surface area contributed by atoms with Crippen molar-refractivity contribution < 1.29 is 5.11 Å². The fraction of sp³-hybridized carbons (Fsp3) is 1.00. The lowest BCUT2D eigenvalue weighted by atomic mass is 9.70. The molecule has 0 aliphatic heterocycles. The molecule has 0 aromatic heterocycles. The summed E-state index contributed by atoms with van der Waals surface area (Å²) in [6.07, 6.45) is 5.05. The highest BCUT2D eigenvalue weighted by atomic mass is 16.3. The molecule has 114 valence electrons. The summed E-state index contributed by atoms with van der Waals surface area (Å²) in [6.45, 7) is 15.3. The van der Waals surface area contributed by atoms with Crippen LogP contribution in [0.5, 0.6) is 0 Å². The number of rotatable bonds is 7. The van der Waals surface area contributed by atoms with Crippen LogP contribution >= 0.6 is 0 Å². The fourth-order valence-corrected chi connectivity index (χ4v) is 3.82. The van der Waals surface area contributed by atoms with Crippen LogP contribution in [0, 0.1) is 23.2 Å². The van der Waals surface area contributed by atoms with E-state index < -0.39 is 0 Å². The molecule has 1 fully saturated rings. The molecule has 0 bridgehead atoms. The second-order valence-electron chi connectivity index (χ2n) is 7.84. The van der Waals surface area contributed by atoms with Gasteiger partial charge in [-0.05, 0) is 30.6 Å². The molecule has 2 unspecified atom stereocenters. The van der Waals surface area contributed by atoms with Gasteiger partial charge in [-0.2, -0.15) is 0 Å². The third-order valence-corrected chi connectivity index (χ3v) is 4.33. The molecule has 2 atom stereocenters. The van der Waals surface area contributed by atoms with Crippen molar-refractivity contribution in [3.05, 3.63) is 0 Å². The SMILES string of the molecule is CC(C)CN(CC(C)C)CC1(CO)CCCC(C)C1. The van der Waals surface area contributed by atoms with Crippen molar-refractivity contribution in [2.45, 2.75) is 60.3 Å². The smallest absolute Gasteiger partial charge is 0.0499 e. The Morgan fingerprint density at radius 2 is 1.74 bits per heavy atom. The maximum absolute atomic E-state index is 9.95. The molecule has 0 aromatic carbocycles. The van der Waals surface area contributed by atoms with Gasteiger partial charge in [0.1, 0.15) is 0 Å². The van der Waals surface area contributed by atoms with Gasteiger partial charge in [-0.3, -0.25) is 0 Å². The molecule has 0 saturated heterocycles. The predicted molar refractivity (Wildman–Crippen MR) is 83.3 cm³/mol. The van der Waals surface area contributed by atoms with Crippen LogP contribution in [0.3, 0.4) is 0 Å². The average Bonchev–Trinajstić information content (AvgIpc) is 2.27. The van der Waals surface area contributed by atoms with Gasteiger partial charge in [-0.15, -0.1) is 0 Å². The van der Waals surface area contributed by atoms with E-state index in [9.17, 15) is 5.11 Å². The largest absolute Gasteiger partial charge is 0.396 e. The summed E-state index contributed by atoms with van der Waals surface area (Å²) in [7, 11) is 0. The number of aliphatic hydroxyl groups excluding tert-OH is 1. The zero-order chi connectivity index (χ0) is 14.5. The first kappa shape index (κ1) is 17.0. The second kappa shape index (κ2) is 7.64. The van der Waals surface area contributed by atoms with Gasteiger partial charge in [0.25, 0.3) is 0 Å². The summed E-state index contributed by atoms with van der Waals surface area (Å²) in [6, 6.07) is 0. The Labute approximate surface area is 120 Å². The quantitative estimate of drug-likeness (QED) is 0.760. The third-order valence-electron chi connectivity index (χ3n) is 4.33. The molecule has 2 nitrogen and oxygen atoms in total. The summed E-state index contributed by atoms with van der Waals surface area (Å²) in [5.41, 5.74) is 0.168. The van der Waals surface area contributed by atoms with Crippen molar-refractivity contribution in [1.29, 1.82) is 0 Å². The van der Waals surface area contributed by atoms with Gasteiger partial charge in [0.05, 0.1) is 0 Å². The van der Waals surface area contributed by atoms with E-state index in [0.717, 1.165) is 25.6 Å². The van der Waals surface area contributed by atoms with Crippen molar-refractivity contribution in [1.82, 2.24) is 4.90 Å². The van der Waals surface area contributed by atoms with Crippen LogP contribution in [0.1, 0.15) is 60.3 Å². The molecule has 0 aromatic rings. The number of nitrogens with zero attached hydrogens (tertiary/aromatic N) is 1. The van der Waals surface area contributed by atoms with E-state index in [1.807, 2.05) is 0 Å². The average molecular weight is 269 g/mol. The van der Waals surface area contributed by atoms with E-state index in [0.29, 0.717) is 18.4 Å². The third kappa shape index (κ3) is 5.83. The van der Waals surface area contributed by atoms with Crippen LogP contribution in [0.2, 0.25) is 0 Å². The van der Waals surface area contributed by atoms with Crippen molar-refractivity contribution in [2.24, 2.45) is 23.2 Å².